The van der Waals surface area contributed by atoms with E-state index in [4.69, 9.17) is 35.5 Å². The van der Waals surface area contributed by atoms with Crippen molar-refractivity contribution in [2.24, 2.45) is 5.73 Å². The molecule has 0 aromatic heterocycles. The summed E-state index contributed by atoms with van der Waals surface area (Å²) in [6, 6.07) is 0. The molecule has 0 atom stereocenters. The number of guanidine groups is 1. The maximum Gasteiger partial charge on any atom is 1.00 e. The van der Waals surface area contributed by atoms with Crippen LogP contribution in [0.2, 0.25) is 0 Å². The molecular weight excluding hydrogens is 318 g/mol. The first-order valence-electron chi connectivity index (χ1n) is 3.04. The van der Waals surface area contributed by atoms with Gasteiger partial charge in [-0.15, -0.1) is 0 Å². The Morgan fingerprint density at radius 3 is 1.53 bits per heavy atom. The number of nitrogens with zero attached hydrogens (tertiary/aromatic N) is 1. The van der Waals surface area contributed by atoms with E-state index in [0.29, 0.717) is 0 Å². The van der Waals surface area contributed by atoms with Gasteiger partial charge in [-0.25, -0.2) is 0 Å². The summed E-state index contributed by atoms with van der Waals surface area (Å²) in [6.07, 6.45) is 0. The van der Waals surface area contributed by atoms with Gasteiger partial charge in [0.05, 0.1) is 0 Å². The van der Waals surface area contributed by atoms with Crippen molar-refractivity contribution in [3.8, 4) is 0 Å². The zero-order valence-electron chi connectivity index (χ0n) is 11.2. The van der Waals surface area contributed by atoms with Gasteiger partial charge in [0.15, 0.2) is 5.96 Å². The fourth-order valence-corrected chi connectivity index (χ4v) is 0.288. The zero-order valence-corrected chi connectivity index (χ0v) is 18.1. The summed E-state index contributed by atoms with van der Waals surface area (Å²) in [6.45, 7) is -0.227. The van der Waals surface area contributed by atoms with Gasteiger partial charge in [0.2, 0.25) is 0 Å². The van der Waals surface area contributed by atoms with Crippen LogP contribution in [0.1, 0.15) is 0 Å². The average molecular weight is 331 g/mol. The molecule has 0 aliphatic heterocycles. The Bertz CT molecular complexity index is 255. The SMILES string of the molecule is CN(CC(=O)O)C(=N)N.O.O.O=P([O-])([O-])[O-].[Na+].[Na+].[Na+]. The second-order valence-corrected chi connectivity index (χ2v) is 2.98. The van der Waals surface area contributed by atoms with E-state index in [1.165, 1.54) is 7.05 Å². The minimum atomic E-state index is -5.39. The first kappa shape index (κ1) is 42.8. The molecule has 0 radical (unpaired) electrons. The van der Waals surface area contributed by atoms with Crippen molar-refractivity contribution in [2.75, 3.05) is 13.6 Å². The zero-order chi connectivity index (χ0) is 11.9. The van der Waals surface area contributed by atoms with Crippen LogP contribution in [-0.2, 0) is 9.36 Å². The van der Waals surface area contributed by atoms with E-state index in [1.807, 2.05) is 0 Å². The molecule has 8 N–H and O–H groups in total. The number of carbonyl (C=O) groups is 1. The van der Waals surface area contributed by atoms with Crippen molar-refractivity contribution < 1.29 is 129 Å². The molecule has 0 fully saturated rings. The number of carboxylic acid groups (broad SMARTS) is 1. The van der Waals surface area contributed by atoms with Crippen LogP contribution in [0.3, 0.4) is 0 Å². The van der Waals surface area contributed by atoms with Crippen molar-refractivity contribution in [2.45, 2.75) is 0 Å². The van der Waals surface area contributed by atoms with Crippen molar-refractivity contribution >= 4 is 19.8 Å². The second-order valence-electron chi connectivity index (χ2n) is 2.08. The molecule has 0 heterocycles. The van der Waals surface area contributed by atoms with Gasteiger partial charge in [0.1, 0.15) is 6.54 Å². The van der Waals surface area contributed by atoms with Crippen LogP contribution in [0.4, 0.5) is 0 Å². The molecule has 11 nitrogen and oxygen atoms in total. The summed E-state index contributed by atoms with van der Waals surface area (Å²) in [4.78, 5) is 36.7. The number of rotatable bonds is 2. The molecule has 0 spiro atoms. The molecule has 100 valence electrons. The Morgan fingerprint density at radius 2 is 1.47 bits per heavy atom. The van der Waals surface area contributed by atoms with Crippen LogP contribution in [0.25, 0.3) is 0 Å². The number of aliphatic carboxylic acids is 1. The summed E-state index contributed by atoms with van der Waals surface area (Å²) < 4.78 is 8.55. The first-order valence-corrected chi connectivity index (χ1v) is 4.50. The van der Waals surface area contributed by atoms with Gasteiger partial charge in [-0.2, -0.15) is 7.82 Å². The Balaban J connectivity index is -0.0000000261. The van der Waals surface area contributed by atoms with E-state index in [9.17, 15) is 4.79 Å². The molecule has 0 saturated carbocycles. The van der Waals surface area contributed by atoms with E-state index in [0.717, 1.165) is 4.90 Å². The number of hydrogen-bond donors (Lipinski definition) is 3. The van der Waals surface area contributed by atoms with Gasteiger partial charge in [-0.1, -0.05) is 0 Å². The molecule has 0 saturated heterocycles. The van der Waals surface area contributed by atoms with E-state index in [-0.39, 0.29) is 112 Å². The number of nitrogens with one attached hydrogen (secondary N) is 1. The third kappa shape index (κ3) is 65.4. The van der Waals surface area contributed by atoms with E-state index >= 15 is 0 Å². The maximum absolute atomic E-state index is 9.92. The predicted octanol–water partition coefficient (Wildman–Crippen LogP) is -14.6. The Kier molecular flexibility index (Phi) is 49.7. The van der Waals surface area contributed by atoms with Crippen LogP contribution in [-0.4, -0.2) is 46.5 Å². The molecule has 15 heteroatoms. The van der Waals surface area contributed by atoms with Gasteiger partial charge >= 0.3 is 94.6 Å². The quantitative estimate of drug-likeness (QED) is 0.189. The third-order valence-corrected chi connectivity index (χ3v) is 0.784. The summed E-state index contributed by atoms with van der Waals surface area (Å²) in [5, 5.41) is 14.9. The Morgan fingerprint density at radius 1 is 1.26 bits per heavy atom. The van der Waals surface area contributed by atoms with Crippen LogP contribution < -0.4 is 109 Å². The van der Waals surface area contributed by atoms with E-state index < -0.39 is 13.8 Å². The largest absolute Gasteiger partial charge is 1.00 e. The number of likely N-dealkylation sites (N-methyl/N-ethyl adjacent to an activating group) is 1. The fraction of sp³-hybridized carbons (Fsp3) is 0.500. The average Bonchev–Trinajstić information content (AvgIpc) is 1.80. The van der Waals surface area contributed by atoms with Crippen LogP contribution >= 0.6 is 7.82 Å². The first-order chi connectivity index (χ1) is 6.04. The van der Waals surface area contributed by atoms with Crippen molar-refractivity contribution in [1.82, 2.24) is 4.90 Å². The minimum absolute atomic E-state index is 0. The summed E-state index contributed by atoms with van der Waals surface area (Å²) in [7, 11) is -3.95. The normalized spacial score (nSPS) is 7.16. The molecule has 0 unspecified atom stereocenters. The fourth-order valence-electron chi connectivity index (χ4n) is 0.288. The molecule has 0 aliphatic carbocycles. The smallest absolute Gasteiger partial charge is 0.822 e. The number of carboxylic acids is 1. The van der Waals surface area contributed by atoms with Crippen molar-refractivity contribution in [3.05, 3.63) is 0 Å². The molecule has 0 aromatic rings. The third-order valence-electron chi connectivity index (χ3n) is 0.784. The van der Waals surface area contributed by atoms with Gasteiger partial charge in [0, 0.05) is 7.05 Å². The van der Waals surface area contributed by atoms with Gasteiger partial charge < -0.3 is 45.9 Å². The molecule has 0 aliphatic rings. The standard InChI is InChI=1S/C4H9N3O2.3Na.H3O4P.2H2O/c1-7(4(5)6)2-3(8)9;;;;1-5(2,3)4;;/h2H2,1H3,(H3,5,6)(H,8,9);;;;(H3,1,2,3,4);2*1H2/q;3*+1;;;/p-3. The topological polar surface area (TPSA) is 240 Å². The minimum Gasteiger partial charge on any atom is -0.822 e. The van der Waals surface area contributed by atoms with Crippen molar-refractivity contribution in [1.29, 1.82) is 5.41 Å². The Labute approximate surface area is 176 Å². The second kappa shape index (κ2) is 22.1. The molecule has 0 bridgehead atoms. The summed E-state index contributed by atoms with van der Waals surface area (Å²) >= 11 is 0. The summed E-state index contributed by atoms with van der Waals surface area (Å²) in [5.41, 5.74) is 4.93. The Hall–Kier alpha value is 1.77. The van der Waals surface area contributed by atoms with Gasteiger partial charge in [0.25, 0.3) is 0 Å². The van der Waals surface area contributed by atoms with Crippen LogP contribution in [0.5, 0.6) is 0 Å². The number of phosphoric acid groups is 1. The molecule has 0 aromatic carbocycles. The van der Waals surface area contributed by atoms with Crippen LogP contribution in [0.15, 0.2) is 0 Å². The van der Waals surface area contributed by atoms with E-state index in [1.54, 1.807) is 0 Å². The van der Waals surface area contributed by atoms with Gasteiger partial charge in [-0.05, 0) is 0 Å². The van der Waals surface area contributed by atoms with Crippen molar-refractivity contribution in [3.63, 3.8) is 0 Å². The van der Waals surface area contributed by atoms with Crippen LogP contribution in [0, 0.1) is 5.41 Å². The van der Waals surface area contributed by atoms with E-state index in [2.05, 4.69) is 0 Å². The molecule has 0 rings (SSSR count). The molecule has 0 amide bonds. The molecular formula is C4H13N3Na3O8P. The van der Waals surface area contributed by atoms with Gasteiger partial charge in [-0.3, -0.25) is 10.2 Å². The molecule has 19 heavy (non-hydrogen) atoms. The summed E-state index contributed by atoms with van der Waals surface area (Å²) in [5.74, 6) is -1.23. The monoisotopic (exact) mass is 331 g/mol. The number of hydrogen-bond acceptors (Lipinski definition) is 6. The predicted molar refractivity (Wildman–Crippen MR) is 47.0 cm³/mol. The number of nitrogens with two attached hydrogens (primary N) is 1. The maximum atomic E-state index is 9.92.